The molecule has 0 atom stereocenters. The van der Waals surface area contributed by atoms with Gasteiger partial charge in [0.2, 0.25) is 0 Å². The van der Waals surface area contributed by atoms with Crippen molar-refractivity contribution in [1.29, 1.82) is 0 Å². The molecule has 0 aliphatic carbocycles. The lowest BCUT2D eigenvalue weighted by molar-refractivity contribution is -0.130. The summed E-state index contributed by atoms with van der Waals surface area (Å²) < 4.78 is 12.1. The van der Waals surface area contributed by atoms with Crippen LogP contribution >= 0.6 is 34.5 Å². The van der Waals surface area contributed by atoms with Gasteiger partial charge in [0.15, 0.2) is 5.75 Å². The predicted octanol–water partition coefficient (Wildman–Crippen LogP) is 7.03. The van der Waals surface area contributed by atoms with Crippen LogP contribution in [0.25, 0.3) is 21.7 Å². The summed E-state index contributed by atoms with van der Waals surface area (Å²) in [7, 11) is 1.59. The van der Waals surface area contributed by atoms with Crippen LogP contribution in [0.1, 0.15) is 10.4 Å². The van der Waals surface area contributed by atoms with Crippen LogP contribution in [0.15, 0.2) is 60.9 Å². The normalized spacial score (nSPS) is 11.5. The number of rotatable bonds is 6. The number of hydrogen-bond donors (Lipinski definition) is 1. The largest absolute Gasteiger partial charge is 0.497 e. The lowest BCUT2D eigenvalue weighted by atomic mass is 10.1. The molecule has 0 fully saturated rings. The highest BCUT2D eigenvalue weighted by atomic mass is 35.5. The van der Waals surface area contributed by atoms with Gasteiger partial charge in [0.1, 0.15) is 11.5 Å². The Balaban J connectivity index is 1.89. The topological polar surface area (TPSA) is 68.7 Å². The standard InChI is InChI=1S/C23H15Cl2NO4S/c1-29-14-2-4-15(5-3-14)30-21-16-6-7-18(24)20(25)22(16)31-19(21)12-17(23(27)28)13-8-10-26-11-9-13/h2-12H,1H3,(H,27,28). The Hall–Kier alpha value is -3.06. The number of nitrogens with zero attached hydrogens (tertiary/aromatic N) is 1. The number of aromatic nitrogens is 1. The molecular weight excluding hydrogens is 457 g/mol. The average molecular weight is 472 g/mol. The minimum absolute atomic E-state index is 0.107. The zero-order valence-electron chi connectivity index (χ0n) is 16.1. The molecule has 0 aliphatic rings. The molecule has 31 heavy (non-hydrogen) atoms. The fourth-order valence-electron chi connectivity index (χ4n) is 2.99. The zero-order chi connectivity index (χ0) is 22.0. The minimum atomic E-state index is -1.07. The molecule has 156 valence electrons. The Kier molecular flexibility index (Phi) is 6.13. The molecule has 0 aliphatic heterocycles. The quantitative estimate of drug-likeness (QED) is 0.305. The second-order valence-corrected chi connectivity index (χ2v) is 8.25. The van der Waals surface area contributed by atoms with E-state index in [1.807, 2.05) is 6.07 Å². The third-order valence-corrected chi connectivity index (χ3v) is 6.57. The van der Waals surface area contributed by atoms with Gasteiger partial charge in [-0.25, -0.2) is 4.79 Å². The van der Waals surface area contributed by atoms with Gasteiger partial charge in [0.05, 0.1) is 32.3 Å². The molecule has 8 heteroatoms. The summed E-state index contributed by atoms with van der Waals surface area (Å²) in [5.74, 6) is 0.699. The maximum atomic E-state index is 12.0. The number of pyridine rings is 1. The number of halogens is 2. The van der Waals surface area contributed by atoms with Crippen molar-refractivity contribution in [3.05, 3.63) is 81.4 Å². The van der Waals surface area contributed by atoms with Crippen molar-refractivity contribution < 1.29 is 19.4 Å². The lowest BCUT2D eigenvalue weighted by Crippen LogP contribution is -1.99. The van der Waals surface area contributed by atoms with Gasteiger partial charge < -0.3 is 14.6 Å². The van der Waals surface area contributed by atoms with Crippen molar-refractivity contribution in [2.24, 2.45) is 0 Å². The van der Waals surface area contributed by atoms with Gasteiger partial charge in [0, 0.05) is 17.8 Å². The van der Waals surface area contributed by atoms with Crippen LogP contribution in [-0.4, -0.2) is 23.2 Å². The molecule has 0 saturated heterocycles. The second-order valence-electron chi connectivity index (χ2n) is 6.41. The van der Waals surface area contributed by atoms with E-state index in [1.165, 1.54) is 11.3 Å². The molecule has 0 saturated carbocycles. The van der Waals surface area contributed by atoms with Crippen LogP contribution < -0.4 is 9.47 Å². The minimum Gasteiger partial charge on any atom is -0.497 e. The molecule has 0 unspecified atom stereocenters. The highest BCUT2D eigenvalue weighted by molar-refractivity contribution is 7.21. The Morgan fingerprint density at radius 3 is 2.35 bits per heavy atom. The molecule has 5 nitrogen and oxygen atoms in total. The van der Waals surface area contributed by atoms with Gasteiger partial charge in [-0.15, -0.1) is 11.3 Å². The molecule has 0 radical (unpaired) electrons. The van der Waals surface area contributed by atoms with Crippen LogP contribution in [0.5, 0.6) is 17.2 Å². The van der Waals surface area contributed by atoms with Crippen LogP contribution in [0.3, 0.4) is 0 Å². The monoisotopic (exact) mass is 471 g/mol. The highest BCUT2D eigenvalue weighted by Gasteiger charge is 2.20. The van der Waals surface area contributed by atoms with E-state index in [-0.39, 0.29) is 5.57 Å². The SMILES string of the molecule is COc1ccc(Oc2c(C=C(C(=O)O)c3ccncc3)sc3c(Cl)c(Cl)ccc23)cc1. The van der Waals surface area contributed by atoms with E-state index in [1.54, 1.807) is 68.0 Å². The smallest absolute Gasteiger partial charge is 0.336 e. The van der Waals surface area contributed by atoms with Crippen molar-refractivity contribution >= 4 is 62.2 Å². The third kappa shape index (κ3) is 4.37. The van der Waals surface area contributed by atoms with E-state index >= 15 is 0 Å². The van der Waals surface area contributed by atoms with Gasteiger partial charge in [-0.05, 0) is 60.2 Å². The van der Waals surface area contributed by atoms with Gasteiger partial charge >= 0.3 is 5.97 Å². The first-order chi connectivity index (χ1) is 15.0. The van der Waals surface area contributed by atoms with E-state index < -0.39 is 5.97 Å². The number of hydrogen-bond acceptors (Lipinski definition) is 5. The number of carbonyl (C=O) groups is 1. The summed E-state index contributed by atoms with van der Waals surface area (Å²) in [5.41, 5.74) is 0.634. The first kappa shape index (κ1) is 21.2. The van der Waals surface area contributed by atoms with Crippen molar-refractivity contribution in [2.45, 2.75) is 0 Å². The number of methoxy groups -OCH3 is 1. The molecule has 2 aromatic carbocycles. The molecule has 2 heterocycles. The Labute approximate surface area is 192 Å². The van der Waals surface area contributed by atoms with E-state index in [2.05, 4.69) is 4.98 Å². The summed E-state index contributed by atoms with van der Waals surface area (Å²) in [6.45, 7) is 0. The highest BCUT2D eigenvalue weighted by Crippen LogP contribution is 2.46. The molecule has 0 amide bonds. The van der Waals surface area contributed by atoms with Crippen LogP contribution in [0.2, 0.25) is 10.0 Å². The summed E-state index contributed by atoms with van der Waals surface area (Å²) in [6, 6.07) is 13.9. The molecule has 4 rings (SSSR count). The number of benzene rings is 2. The molecule has 0 spiro atoms. The lowest BCUT2D eigenvalue weighted by Gasteiger charge is -2.08. The predicted molar refractivity (Wildman–Crippen MR) is 125 cm³/mol. The van der Waals surface area contributed by atoms with E-state index in [0.717, 1.165) is 5.39 Å². The van der Waals surface area contributed by atoms with Crippen molar-refractivity contribution in [3.63, 3.8) is 0 Å². The van der Waals surface area contributed by atoms with Crippen molar-refractivity contribution in [1.82, 2.24) is 4.98 Å². The average Bonchev–Trinajstić information content (AvgIpc) is 3.13. The van der Waals surface area contributed by atoms with E-state index in [4.69, 9.17) is 32.7 Å². The van der Waals surface area contributed by atoms with Crippen LogP contribution in [-0.2, 0) is 4.79 Å². The summed E-state index contributed by atoms with van der Waals surface area (Å²) in [6.07, 6.45) is 4.66. The Bertz CT molecular complexity index is 1280. The Morgan fingerprint density at radius 2 is 1.71 bits per heavy atom. The van der Waals surface area contributed by atoms with Crippen molar-refractivity contribution in [3.8, 4) is 17.2 Å². The summed E-state index contributed by atoms with van der Waals surface area (Å²) >= 11 is 13.9. The summed E-state index contributed by atoms with van der Waals surface area (Å²) in [5, 5.41) is 11.4. The molecule has 4 aromatic rings. The number of carboxylic acids is 1. The van der Waals surface area contributed by atoms with Crippen molar-refractivity contribution in [2.75, 3.05) is 7.11 Å². The first-order valence-corrected chi connectivity index (χ1v) is 10.6. The zero-order valence-corrected chi connectivity index (χ0v) is 18.5. The first-order valence-electron chi connectivity index (χ1n) is 9.05. The summed E-state index contributed by atoms with van der Waals surface area (Å²) in [4.78, 5) is 16.5. The van der Waals surface area contributed by atoms with Gasteiger partial charge in [-0.1, -0.05) is 23.2 Å². The molecular formula is C23H15Cl2NO4S. The number of carboxylic acid groups (broad SMARTS) is 1. The number of aliphatic carboxylic acids is 1. The van der Waals surface area contributed by atoms with Crippen LogP contribution in [0.4, 0.5) is 0 Å². The number of fused-ring (bicyclic) bond motifs is 1. The van der Waals surface area contributed by atoms with E-state index in [9.17, 15) is 9.90 Å². The Morgan fingerprint density at radius 1 is 1.03 bits per heavy atom. The molecule has 2 aromatic heterocycles. The molecule has 0 bridgehead atoms. The maximum absolute atomic E-state index is 12.0. The van der Waals surface area contributed by atoms with Gasteiger partial charge in [-0.3, -0.25) is 4.98 Å². The van der Waals surface area contributed by atoms with Gasteiger partial charge in [-0.2, -0.15) is 0 Å². The maximum Gasteiger partial charge on any atom is 0.336 e. The van der Waals surface area contributed by atoms with E-state index in [0.29, 0.717) is 42.4 Å². The molecule has 1 N–H and O–H groups in total. The fourth-order valence-corrected chi connectivity index (χ4v) is 4.60. The number of thiophene rings is 1. The van der Waals surface area contributed by atoms with Gasteiger partial charge in [0.25, 0.3) is 0 Å². The fraction of sp³-hybridized carbons (Fsp3) is 0.0435. The van der Waals surface area contributed by atoms with Crippen LogP contribution in [0, 0.1) is 0 Å². The third-order valence-electron chi connectivity index (χ3n) is 4.51. The number of ether oxygens (including phenoxy) is 2. The second kappa shape index (κ2) is 8.98.